The van der Waals surface area contributed by atoms with Crippen LogP contribution in [0.25, 0.3) is 11.1 Å². The van der Waals surface area contributed by atoms with Crippen molar-refractivity contribution in [1.29, 1.82) is 0 Å². The molecule has 0 aromatic heterocycles. The first kappa shape index (κ1) is 37.7. The standard InChI is InChI=1S/C50H46N2O4/c1-53-49-31-43(27-29-45(49)47(39-15-7-3-8-16-39)33-51-41-19-11-5-12-20-41)55-35-37-23-25-38(26-24-37)36-56-44-28-30-46(50(32-44)54-2)48(40-17-9-4-10-18-40)34-52-42-21-13-6-14-22-42/h3-13,15-21,23,27-32,38H,14,22,24-26,35-36H2,1-2H3. The van der Waals surface area contributed by atoms with Crippen molar-refractivity contribution in [2.24, 2.45) is 15.9 Å². The van der Waals surface area contributed by atoms with Crippen molar-refractivity contribution in [3.8, 4) is 23.0 Å². The smallest absolute Gasteiger partial charge is 0.131 e. The molecule has 0 saturated carbocycles. The van der Waals surface area contributed by atoms with E-state index in [9.17, 15) is 0 Å². The van der Waals surface area contributed by atoms with E-state index in [1.165, 1.54) is 5.57 Å². The summed E-state index contributed by atoms with van der Waals surface area (Å²) in [6, 6.07) is 42.1. The maximum atomic E-state index is 6.34. The third kappa shape index (κ3) is 9.93. The minimum atomic E-state index is 0.411. The van der Waals surface area contributed by atoms with Gasteiger partial charge in [0.15, 0.2) is 0 Å². The Morgan fingerprint density at radius 3 is 1.80 bits per heavy atom. The van der Waals surface area contributed by atoms with Gasteiger partial charge in [-0.2, -0.15) is 0 Å². The number of hydrogen-bond acceptors (Lipinski definition) is 6. The van der Waals surface area contributed by atoms with Crippen LogP contribution >= 0.6 is 0 Å². The summed E-state index contributed by atoms with van der Waals surface area (Å²) >= 11 is 0. The summed E-state index contributed by atoms with van der Waals surface area (Å²) in [6.07, 6.45) is 13.4. The van der Waals surface area contributed by atoms with Crippen molar-refractivity contribution in [1.82, 2.24) is 0 Å². The molecular formula is C50H46N2O4. The first-order valence-electron chi connectivity index (χ1n) is 19.2. The van der Waals surface area contributed by atoms with E-state index in [4.69, 9.17) is 23.9 Å². The maximum Gasteiger partial charge on any atom is 0.131 e. The largest absolute Gasteiger partial charge is 0.496 e. The highest BCUT2D eigenvalue weighted by atomic mass is 16.5. The zero-order valence-corrected chi connectivity index (χ0v) is 32.0. The van der Waals surface area contributed by atoms with E-state index in [1.54, 1.807) is 14.2 Å². The van der Waals surface area contributed by atoms with Gasteiger partial charge in [-0.3, -0.25) is 0 Å². The van der Waals surface area contributed by atoms with Gasteiger partial charge < -0.3 is 18.9 Å². The van der Waals surface area contributed by atoms with Crippen LogP contribution in [-0.4, -0.2) is 39.2 Å². The molecule has 0 amide bonds. The molecule has 56 heavy (non-hydrogen) atoms. The number of hydrogen-bond donors (Lipinski definition) is 0. The molecule has 0 heterocycles. The summed E-state index contributed by atoms with van der Waals surface area (Å²) in [5, 5.41) is 0. The molecule has 0 aliphatic heterocycles. The van der Waals surface area contributed by atoms with E-state index in [1.807, 2.05) is 109 Å². The zero-order valence-electron chi connectivity index (χ0n) is 32.0. The maximum absolute atomic E-state index is 6.34. The van der Waals surface area contributed by atoms with Gasteiger partial charge in [0.1, 0.15) is 29.6 Å². The molecule has 280 valence electrons. The molecule has 5 aromatic rings. The second-order valence-electron chi connectivity index (χ2n) is 13.7. The number of methoxy groups -OCH3 is 2. The Hall–Kier alpha value is -6.58. The molecule has 0 fully saturated rings. The van der Waals surface area contributed by atoms with Crippen molar-refractivity contribution in [2.75, 3.05) is 27.4 Å². The van der Waals surface area contributed by atoms with Crippen LogP contribution in [0.15, 0.2) is 173 Å². The molecule has 5 aromatic carbocycles. The average Bonchev–Trinajstić information content (AvgIpc) is 3.27. The Labute approximate surface area is 330 Å². The summed E-state index contributed by atoms with van der Waals surface area (Å²) in [5.41, 5.74) is 8.71. The zero-order chi connectivity index (χ0) is 38.4. The highest BCUT2D eigenvalue weighted by Crippen LogP contribution is 2.35. The Bertz CT molecular complexity index is 2330. The lowest BCUT2D eigenvalue weighted by molar-refractivity contribution is 0.232. The van der Waals surface area contributed by atoms with Crippen LogP contribution in [0.2, 0.25) is 0 Å². The fraction of sp³-hybridized carbons (Fsp3) is 0.200. The van der Waals surface area contributed by atoms with Gasteiger partial charge in [0.25, 0.3) is 0 Å². The summed E-state index contributed by atoms with van der Waals surface area (Å²) < 4.78 is 24.4. The van der Waals surface area contributed by atoms with Crippen molar-refractivity contribution in [3.63, 3.8) is 0 Å². The summed E-state index contributed by atoms with van der Waals surface area (Å²) in [7, 11) is 3.37. The van der Waals surface area contributed by atoms with E-state index in [-0.39, 0.29) is 0 Å². The third-order valence-corrected chi connectivity index (χ3v) is 9.89. The number of benzene rings is 5. The van der Waals surface area contributed by atoms with Crippen LogP contribution in [-0.2, 0) is 0 Å². The van der Waals surface area contributed by atoms with Crippen LogP contribution in [0.5, 0.6) is 23.0 Å². The van der Waals surface area contributed by atoms with E-state index in [0.717, 1.165) is 94.1 Å². The topological polar surface area (TPSA) is 61.6 Å². The van der Waals surface area contributed by atoms with Crippen molar-refractivity contribution < 1.29 is 18.9 Å². The lowest BCUT2D eigenvalue weighted by Gasteiger charge is -2.23. The Balaban J connectivity index is 0.982. The Morgan fingerprint density at radius 2 is 1.25 bits per heavy atom. The van der Waals surface area contributed by atoms with E-state index >= 15 is 0 Å². The Morgan fingerprint density at radius 1 is 0.661 bits per heavy atom. The fourth-order valence-electron chi connectivity index (χ4n) is 6.76. The molecule has 0 saturated heterocycles. The first-order chi connectivity index (χ1) is 27.7. The minimum Gasteiger partial charge on any atom is -0.496 e. The molecule has 1 atom stereocenters. The van der Waals surface area contributed by atoms with Gasteiger partial charge in [-0.05, 0) is 109 Å². The second kappa shape index (κ2) is 19.1. The number of aliphatic imine (C=N–C) groups is 2. The van der Waals surface area contributed by atoms with E-state index < -0.39 is 0 Å². The predicted molar refractivity (Wildman–Crippen MR) is 228 cm³/mol. The third-order valence-electron chi connectivity index (χ3n) is 9.89. The predicted octanol–water partition coefficient (Wildman–Crippen LogP) is 11.7. The highest BCUT2D eigenvalue weighted by molar-refractivity contribution is 6.01. The summed E-state index contributed by atoms with van der Waals surface area (Å²) in [6.45, 7) is 1.15. The van der Waals surface area contributed by atoms with Crippen molar-refractivity contribution in [3.05, 3.63) is 185 Å². The Kier molecular flexibility index (Phi) is 12.9. The molecule has 0 N–H and O–H groups in total. The van der Waals surface area contributed by atoms with Gasteiger partial charge in [-0.15, -0.1) is 0 Å². The van der Waals surface area contributed by atoms with Gasteiger partial charge in [0, 0.05) is 23.3 Å². The number of rotatable bonds is 14. The first-order valence-corrected chi connectivity index (χ1v) is 19.2. The van der Waals surface area contributed by atoms with Crippen molar-refractivity contribution >= 4 is 28.6 Å². The number of para-hydroxylation sites is 1. The molecule has 0 radical (unpaired) electrons. The quantitative estimate of drug-likeness (QED) is 0.0841. The van der Waals surface area contributed by atoms with Gasteiger partial charge in [-0.25, -0.2) is 9.98 Å². The van der Waals surface area contributed by atoms with Crippen LogP contribution in [0, 0.1) is 5.92 Å². The van der Waals surface area contributed by atoms with Crippen LogP contribution in [0.4, 0.5) is 5.69 Å². The normalized spacial score (nSPS) is 14.6. The second-order valence-corrected chi connectivity index (χ2v) is 13.7. The molecule has 0 spiro atoms. The molecule has 2 aliphatic rings. The van der Waals surface area contributed by atoms with E-state index in [0.29, 0.717) is 24.9 Å². The number of nitrogens with zero attached hydrogens (tertiary/aromatic N) is 2. The lowest BCUT2D eigenvalue weighted by Crippen LogP contribution is -2.16. The number of allylic oxidation sites excluding steroid dienone is 5. The average molecular weight is 739 g/mol. The SMILES string of the molecule is COc1cc(OCC2=CCC(COc3ccc(C(=C=NC4=CC=CCC4)c4ccccc4)c(OC)c3)CC2)ccc1C(=C=Nc1ccccc1)c1ccccc1. The van der Waals surface area contributed by atoms with Gasteiger partial charge in [0.2, 0.25) is 0 Å². The molecule has 6 nitrogen and oxygen atoms in total. The van der Waals surface area contributed by atoms with Crippen LogP contribution in [0.3, 0.4) is 0 Å². The number of ether oxygens (including phenoxy) is 4. The fourth-order valence-corrected chi connectivity index (χ4v) is 6.76. The minimum absolute atomic E-state index is 0.411. The van der Waals surface area contributed by atoms with Crippen LogP contribution in [0.1, 0.15) is 54.4 Å². The summed E-state index contributed by atoms with van der Waals surface area (Å²) in [4.78, 5) is 9.35. The van der Waals surface area contributed by atoms with E-state index in [2.05, 4.69) is 59.2 Å². The monoisotopic (exact) mass is 738 g/mol. The van der Waals surface area contributed by atoms with Gasteiger partial charge in [0.05, 0.1) is 43.4 Å². The molecule has 1 unspecified atom stereocenters. The molecule has 0 bridgehead atoms. The molecule has 6 heteroatoms. The van der Waals surface area contributed by atoms with Crippen LogP contribution < -0.4 is 18.9 Å². The highest BCUT2D eigenvalue weighted by Gasteiger charge is 2.18. The lowest BCUT2D eigenvalue weighted by atomic mass is 9.90. The van der Waals surface area contributed by atoms with Crippen molar-refractivity contribution in [2.45, 2.75) is 32.1 Å². The van der Waals surface area contributed by atoms with Gasteiger partial charge in [-0.1, -0.05) is 97.1 Å². The molecule has 7 rings (SSSR count). The summed E-state index contributed by atoms with van der Waals surface area (Å²) in [5.74, 6) is 10.00. The molecular weight excluding hydrogens is 693 g/mol. The van der Waals surface area contributed by atoms with Gasteiger partial charge >= 0.3 is 0 Å². The molecule has 2 aliphatic carbocycles.